The Morgan fingerprint density at radius 1 is 0.769 bits per heavy atom. The predicted octanol–water partition coefficient (Wildman–Crippen LogP) is 3.35. The fourth-order valence-corrected chi connectivity index (χ4v) is 2.85. The van der Waals surface area contributed by atoms with E-state index in [2.05, 4.69) is 30.9 Å². The lowest BCUT2D eigenvalue weighted by atomic mass is 10.0. The standard InChI is InChI=1S/C15H10O2.C8H11N/c16-15(17)13-6-5-12-7-10-3-1-2-4-11(10)8-14(12)9-13;1-7(9)8-5-3-2-4-6-8/h1-9H,(H,16,17);2-7H,9H2,1H3/t;7-/m.1/s1. The number of carbonyl (C=O) groups is 1. The van der Waals surface area contributed by atoms with Crippen LogP contribution < -0.4 is 10.8 Å². The number of quaternary nitrogens is 1. The molecule has 3 heteroatoms. The van der Waals surface area contributed by atoms with E-state index < -0.39 is 5.97 Å². The first-order valence-electron chi connectivity index (χ1n) is 8.56. The zero-order chi connectivity index (χ0) is 18.5. The van der Waals surface area contributed by atoms with Gasteiger partial charge in [0.05, 0.1) is 5.97 Å². The molecule has 0 unspecified atom stereocenters. The van der Waals surface area contributed by atoms with Gasteiger partial charge in [-0.05, 0) is 52.2 Å². The Labute approximate surface area is 152 Å². The van der Waals surface area contributed by atoms with Gasteiger partial charge in [-0.3, -0.25) is 0 Å². The molecular weight excluding hydrogens is 322 g/mol. The van der Waals surface area contributed by atoms with Crippen LogP contribution in [0.4, 0.5) is 0 Å². The Hall–Kier alpha value is -3.17. The van der Waals surface area contributed by atoms with E-state index >= 15 is 0 Å². The van der Waals surface area contributed by atoms with Gasteiger partial charge in [-0.1, -0.05) is 66.7 Å². The first kappa shape index (κ1) is 17.6. The molecule has 0 aliphatic carbocycles. The van der Waals surface area contributed by atoms with Gasteiger partial charge in [-0.15, -0.1) is 0 Å². The van der Waals surface area contributed by atoms with Gasteiger partial charge in [0.25, 0.3) is 0 Å². The molecule has 0 amide bonds. The fraction of sp³-hybridized carbons (Fsp3) is 0.0870. The van der Waals surface area contributed by atoms with Crippen molar-refractivity contribution in [2.45, 2.75) is 13.0 Å². The van der Waals surface area contributed by atoms with E-state index in [0.29, 0.717) is 6.04 Å². The molecule has 3 N–H and O–H groups in total. The van der Waals surface area contributed by atoms with Crippen LogP contribution in [0, 0.1) is 0 Å². The highest BCUT2D eigenvalue weighted by molar-refractivity contribution is 6.01. The zero-order valence-electron chi connectivity index (χ0n) is 14.7. The molecule has 1 atom stereocenters. The molecule has 0 aromatic heterocycles. The monoisotopic (exact) mass is 343 g/mol. The van der Waals surface area contributed by atoms with Gasteiger partial charge in [0, 0.05) is 5.56 Å². The van der Waals surface area contributed by atoms with Crippen LogP contribution in [0.1, 0.15) is 28.9 Å². The normalized spacial score (nSPS) is 11.6. The molecule has 4 aromatic rings. The summed E-state index contributed by atoms with van der Waals surface area (Å²) in [6.45, 7) is 2.09. The van der Waals surface area contributed by atoms with Crippen molar-refractivity contribution < 1.29 is 15.6 Å². The Morgan fingerprint density at radius 2 is 1.31 bits per heavy atom. The number of hydrogen-bond acceptors (Lipinski definition) is 2. The van der Waals surface area contributed by atoms with Crippen molar-refractivity contribution in [2.75, 3.05) is 0 Å². The van der Waals surface area contributed by atoms with Crippen molar-refractivity contribution in [3.63, 3.8) is 0 Å². The second kappa shape index (κ2) is 7.81. The second-order valence-corrected chi connectivity index (χ2v) is 6.36. The smallest absolute Gasteiger partial charge is 0.107 e. The third-order valence-corrected chi connectivity index (χ3v) is 4.31. The first-order valence-corrected chi connectivity index (χ1v) is 8.56. The van der Waals surface area contributed by atoms with Crippen molar-refractivity contribution in [1.29, 1.82) is 0 Å². The summed E-state index contributed by atoms with van der Waals surface area (Å²) in [4.78, 5) is 10.8. The maximum Gasteiger partial charge on any atom is 0.107 e. The molecule has 0 fully saturated rings. The summed E-state index contributed by atoms with van der Waals surface area (Å²) in [5.41, 5.74) is 5.43. The number of aromatic carboxylic acids is 1. The van der Waals surface area contributed by atoms with Crippen molar-refractivity contribution in [3.8, 4) is 0 Å². The van der Waals surface area contributed by atoms with Crippen LogP contribution in [0.3, 0.4) is 0 Å². The summed E-state index contributed by atoms with van der Waals surface area (Å²) in [6, 6.07) is 27.8. The number of hydrogen-bond donors (Lipinski definition) is 1. The molecule has 0 bridgehead atoms. The maximum absolute atomic E-state index is 10.8. The van der Waals surface area contributed by atoms with E-state index in [9.17, 15) is 9.90 Å². The molecule has 4 rings (SSSR count). The van der Waals surface area contributed by atoms with Crippen LogP contribution >= 0.6 is 0 Å². The number of benzene rings is 4. The van der Waals surface area contributed by atoms with E-state index in [0.717, 1.165) is 21.5 Å². The lowest BCUT2D eigenvalue weighted by molar-refractivity contribution is -0.420. The molecule has 0 saturated carbocycles. The van der Waals surface area contributed by atoms with Gasteiger partial charge >= 0.3 is 0 Å². The van der Waals surface area contributed by atoms with E-state index in [-0.39, 0.29) is 5.56 Å². The van der Waals surface area contributed by atoms with Crippen LogP contribution in [-0.2, 0) is 0 Å². The fourth-order valence-electron chi connectivity index (χ4n) is 2.85. The van der Waals surface area contributed by atoms with Crippen molar-refractivity contribution in [2.24, 2.45) is 0 Å². The first-order chi connectivity index (χ1) is 12.5. The second-order valence-electron chi connectivity index (χ2n) is 6.36. The summed E-state index contributed by atoms with van der Waals surface area (Å²) >= 11 is 0. The number of fused-ring (bicyclic) bond motifs is 2. The number of rotatable bonds is 2. The molecule has 4 aromatic carbocycles. The average molecular weight is 343 g/mol. The van der Waals surface area contributed by atoms with Gasteiger partial charge in [-0.2, -0.15) is 0 Å². The van der Waals surface area contributed by atoms with Crippen LogP contribution in [-0.4, -0.2) is 5.97 Å². The third kappa shape index (κ3) is 4.08. The number of carboxylic acid groups (broad SMARTS) is 1. The minimum atomic E-state index is -1.14. The maximum atomic E-state index is 10.8. The SMILES string of the molecule is C[C@@H]([NH3+])c1ccccc1.O=C([O-])c1ccc2cc3ccccc3cc2c1. The topological polar surface area (TPSA) is 67.8 Å². The number of carboxylic acids is 1. The molecule has 26 heavy (non-hydrogen) atoms. The Bertz CT molecular complexity index is 1040. The number of carbonyl (C=O) groups excluding carboxylic acids is 1. The molecule has 0 spiro atoms. The van der Waals surface area contributed by atoms with Crippen LogP contribution in [0.25, 0.3) is 21.5 Å². The van der Waals surface area contributed by atoms with Crippen molar-refractivity contribution in [3.05, 3.63) is 96.1 Å². The van der Waals surface area contributed by atoms with Gasteiger partial charge in [-0.25, -0.2) is 0 Å². The van der Waals surface area contributed by atoms with E-state index in [1.165, 1.54) is 5.56 Å². The summed E-state index contributed by atoms with van der Waals surface area (Å²) in [6.07, 6.45) is 0. The predicted molar refractivity (Wildman–Crippen MR) is 104 cm³/mol. The molecule has 0 radical (unpaired) electrons. The third-order valence-electron chi connectivity index (χ3n) is 4.31. The largest absolute Gasteiger partial charge is 0.545 e. The zero-order valence-corrected chi connectivity index (χ0v) is 14.7. The highest BCUT2D eigenvalue weighted by atomic mass is 16.4. The van der Waals surface area contributed by atoms with Gasteiger partial charge < -0.3 is 15.6 Å². The molecular formula is C23H21NO2. The van der Waals surface area contributed by atoms with Crippen LogP contribution in [0.5, 0.6) is 0 Å². The van der Waals surface area contributed by atoms with E-state index in [4.69, 9.17) is 0 Å². The van der Waals surface area contributed by atoms with Gasteiger partial charge in [0.15, 0.2) is 0 Å². The highest BCUT2D eigenvalue weighted by Crippen LogP contribution is 2.23. The van der Waals surface area contributed by atoms with Crippen molar-refractivity contribution >= 4 is 27.5 Å². The molecule has 0 aliphatic heterocycles. The Morgan fingerprint density at radius 3 is 1.85 bits per heavy atom. The Balaban J connectivity index is 0.000000185. The molecule has 0 heterocycles. The Kier molecular flexibility index (Phi) is 5.30. The summed E-state index contributed by atoms with van der Waals surface area (Å²) in [5.74, 6) is -1.14. The molecule has 3 nitrogen and oxygen atoms in total. The summed E-state index contributed by atoms with van der Waals surface area (Å²) < 4.78 is 0. The van der Waals surface area contributed by atoms with Gasteiger partial charge in [0.1, 0.15) is 6.04 Å². The molecule has 130 valence electrons. The quantitative estimate of drug-likeness (QED) is 0.567. The summed E-state index contributed by atoms with van der Waals surface area (Å²) in [7, 11) is 0. The lowest BCUT2D eigenvalue weighted by Gasteiger charge is -2.06. The van der Waals surface area contributed by atoms with Gasteiger partial charge in [0.2, 0.25) is 0 Å². The van der Waals surface area contributed by atoms with Crippen LogP contribution in [0.15, 0.2) is 84.9 Å². The van der Waals surface area contributed by atoms with Crippen molar-refractivity contribution in [1.82, 2.24) is 0 Å². The molecule has 0 saturated heterocycles. The lowest BCUT2D eigenvalue weighted by Crippen LogP contribution is -2.51. The van der Waals surface area contributed by atoms with E-state index in [1.54, 1.807) is 12.1 Å². The molecule has 0 aliphatic rings. The summed E-state index contributed by atoms with van der Waals surface area (Å²) in [5, 5.41) is 15.0. The minimum Gasteiger partial charge on any atom is -0.545 e. The van der Waals surface area contributed by atoms with Crippen LogP contribution in [0.2, 0.25) is 0 Å². The highest BCUT2D eigenvalue weighted by Gasteiger charge is 2.00. The van der Waals surface area contributed by atoms with E-state index in [1.807, 2.05) is 54.6 Å². The minimum absolute atomic E-state index is 0.216. The average Bonchev–Trinajstić information content (AvgIpc) is 2.67.